The van der Waals surface area contributed by atoms with Crippen LogP contribution in [0, 0.1) is 5.41 Å². The summed E-state index contributed by atoms with van der Waals surface area (Å²) >= 11 is 0. The van der Waals surface area contributed by atoms with Crippen molar-refractivity contribution in [1.82, 2.24) is 0 Å². The Balaban J connectivity index is 0.000000229. The first kappa shape index (κ1) is 25.1. The molecule has 0 aromatic heterocycles. The molecule has 3 rings (SSSR count). The van der Waals surface area contributed by atoms with E-state index in [4.69, 9.17) is 5.11 Å². The second-order valence-corrected chi connectivity index (χ2v) is 9.15. The number of phenolic OH excluding ortho intramolecular Hbond substituents is 3. The lowest BCUT2D eigenvalue weighted by atomic mass is 9.87. The monoisotopic (exact) mass is 432 g/mol. The van der Waals surface area contributed by atoms with Gasteiger partial charge in [-0.2, -0.15) is 0 Å². The quantitative estimate of drug-likeness (QED) is 0.333. The van der Waals surface area contributed by atoms with E-state index in [-0.39, 0.29) is 17.2 Å². The minimum atomic E-state index is 0.0235. The van der Waals surface area contributed by atoms with Crippen molar-refractivity contribution in [2.24, 2.45) is 5.41 Å². The zero-order valence-corrected chi connectivity index (χ0v) is 19.7. The van der Waals surface area contributed by atoms with Crippen LogP contribution in [-0.4, -0.2) is 15.3 Å². The number of phenols is 3. The van der Waals surface area contributed by atoms with Crippen molar-refractivity contribution in [2.75, 3.05) is 0 Å². The van der Waals surface area contributed by atoms with Gasteiger partial charge in [0.15, 0.2) is 0 Å². The Labute approximate surface area is 192 Å². The molecule has 1 aliphatic carbocycles. The average Bonchev–Trinajstić information content (AvgIpc) is 2.73. The number of aromatic hydroxyl groups is 3. The van der Waals surface area contributed by atoms with E-state index >= 15 is 0 Å². The van der Waals surface area contributed by atoms with Crippen LogP contribution in [0.2, 0.25) is 0 Å². The summed E-state index contributed by atoms with van der Waals surface area (Å²) in [5.41, 5.74) is 4.96. The minimum Gasteiger partial charge on any atom is -0.508 e. The lowest BCUT2D eigenvalue weighted by molar-refractivity contribution is 0.450. The summed E-state index contributed by atoms with van der Waals surface area (Å²) in [4.78, 5) is 0. The Hall–Kier alpha value is -3.20. The second kappa shape index (κ2) is 12.0. The molecule has 1 aliphatic rings. The molecule has 0 unspecified atom stereocenters. The van der Waals surface area contributed by atoms with Gasteiger partial charge in [-0.25, -0.2) is 0 Å². The molecular formula is C29H36O3. The molecule has 3 heteroatoms. The first-order chi connectivity index (χ1) is 15.1. The van der Waals surface area contributed by atoms with Gasteiger partial charge in [0, 0.05) is 6.07 Å². The molecule has 32 heavy (non-hydrogen) atoms. The van der Waals surface area contributed by atoms with Crippen molar-refractivity contribution in [3.63, 3.8) is 0 Å². The Bertz CT molecular complexity index is 969. The van der Waals surface area contributed by atoms with Gasteiger partial charge in [0.05, 0.1) is 0 Å². The highest BCUT2D eigenvalue weighted by Crippen LogP contribution is 2.26. The zero-order chi connectivity index (χ0) is 23.6. The van der Waals surface area contributed by atoms with Crippen molar-refractivity contribution in [1.29, 1.82) is 0 Å². The normalized spacial score (nSPS) is 16.4. The fraction of sp³-hybridized carbons (Fsp3) is 0.310. The SMILES string of the molecule is CC1=CCCC(C)=CCC(C)(C)C=CC1.Oc1ccc(C=Cc2cc(O)cc(O)c2)cc1. The van der Waals surface area contributed by atoms with Crippen LogP contribution >= 0.6 is 0 Å². The third-order valence-corrected chi connectivity index (χ3v) is 5.30. The van der Waals surface area contributed by atoms with Crippen LogP contribution < -0.4 is 0 Å². The number of hydrogen-bond donors (Lipinski definition) is 3. The van der Waals surface area contributed by atoms with E-state index in [1.54, 1.807) is 42.5 Å². The number of allylic oxidation sites excluding steroid dienone is 6. The van der Waals surface area contributed by atoms with Gasteiger partial charge in [-0.3, -0.25) is 0 Å². The molecule has 2 aromatic carbocycles. The fourth-order valence-electron chi connectivity index (χ4n) is 3.29. The summed E-state index contributed by atoms with van der Waals surface area (Å²) in [6, 6.07) is 11.1. The fourth-order valence-corrected chi connectivity index (χ4v) is 3.29. The smallest absolute Gasteiger partial charge is 0.119 e. The number of hydrogen-bond acceptors (Lipinski definition) is 3. The molecule has 0 spiro atoms. The first-order valence-corrected chi connectivity index (χ1v) is 11.1. The van der Waals surface area contributed by atoms with Gasteiger partial charge in [-0.15, -0.1) is 0 Å². The Morgan fingerprint density at radius 1 is 0.750 bits per heavy atom. The molecule has 0 aliphatic heterocycles. The molecule has 0 heterocycles. The van der Waals surface area contributed by atoms with Crippen LogP contribution in [0.25, 0.3) is 12.2 Å². The van der Waals surface area contributed by atoms with Crippen molar-refractivity contribution >= 4 is 12.2 Å². The van der Waals surface area contributed by atoms with Gasteiger partial charge in [0.2, 0.25) is 0 Å². The maximum Gasteiger partial charge on any atom is 0.119 e. The zero-order valence-electron chi connectivity index (χ0n) is 19.7. The van der Waals surface area contributed by atoms with E-state index < -0.39 is 0 Å². The van der Waals surface area contributed by atoms with E-state index in [9.17, 15) is 10.2 Å². The standard InChI is InChI=1S/C15H24.C14H12O3/c1-13-7-5-8-14(2)10-12-15(3,4)11-6-9-13;15-12-5-3-10(4-6-12)1-2-11-7-13(16)9-14(17)8-11/h6-7,10-11H,5,8-9,12H2,1-4H3;1-9,15-17H. The van der Waals surface area contributed by atoms with Gasteiger partial charge >= 0.3 is 0 Å². The molecule has 2 aromatic rings. The van der Waals surface area contributed by atoms with Crippen LogP contribution in [0.15, 0.2) is 77.9 Å². The molecule has 0 saturated carbocycles. The van der Waals surface area contributed by atoms with Crippen molar-refractivity contribution in [2.45, 2.75) is 53.4 Å². The van der Waals surface area contributed by atoms with E-state index in [0.717, 1.165) is 18.4 Å². The summed E-state index contributed by atoms with van der Waals surface area (Å²) in [6.45, 7) is 9.10. The van der Waals surface area contributed by atoms with Crippen LogP contribution in [-0.2, 0) is 0 Å². The molecule has 3 nitrogen and oxygen atoms in total. The van der Waals surface area contributed by atoms with Gasteiger partial charge in [-0.1, -0.05) is 73.6 Å². The largest absolute Gasteiger partial charge is 0.508 e. The molecule has 0 radical (unpaired) electrons. The minimum absolute atomic E-state index is 0.0235. The summed E-state index contributed by atoms with van der Waals surface area (Å²) in [6.07, 6.45) is 17.7. The molecule has 0 saturated heterocycles. The highest BCUT2D eigenvalue weighted by atomic mass is 16.3. The summed E-state index contributed by atoms with van der Waals surface area (Å²) in [5.74, 6) is 0.267. The predicted molar refractivity (Wildman–Crippen MR) is 136 cm³/mol. The van der Waals surface area contributed by atoms with Crippen LogP contribution in [0.3, 0.4) is 0 Å². The maximum atomic E-state index is 9.30. The lowest BCUT2D eigenvalue weighted by Gasteiger charge is -2.18. The molecule has 0 fully saturated rings. The molecule has 3 N–H and O–H groups in total. The van der Waals surface area contributed by atoms with E-state index in [0.29, 0.717) is 11.0 Å². The third kappa shape index (κ3) is 9.74. The van der Waals surface area contributed by atoms with Crippen LogP contribution in [0.5, 0.6) is 17.2 Å². The predicted octanol–water partition coefficient (Wildman–Crippen LogP) is 8.01. The molecular weight excluding hydrogens is 396 g/mol. The first-order valence-electron chi connectivity index (χ1n) is 11.1. The molecule has 0 bridgehead atoms. The highest BCUT2D eigenvalue weighted by molar-refractivity contribution is 5.71. The van der Waals surface area contributed by atoms with Gasteiger partial charge in [0.25, 0.3) is 0 Å². The number of rotatable bonds is 2. The number of benzene rings is 2. The molecule has 0 amide bonds. The lowest BCUT2D eigenvalue weighted by Crippen LogP contribution is -2.05. The summed E-state index contributed by atoms with van der Waals surface area (Å²) in [7, 11) is 0. The summed E-state index contributed by atoms with van der Waals surface area (Å²) in [5, 5.41) is 27.7. The van der Waals surface area contributed by atoms with Gasteiger partial charge in [0.1, 0.15) is 17.2 Å². The van der Waals surface area contributed by atoms with E-state index in [1.807, 2.05) is 6.08 Å². The van der Waals surface area contributed by atoms with Crippen molar-refractivity contribution in [3.05, 3.63) is 89.0 Å². The van der Waals surface area contributed by atoms with Gasteiger partial charge < -0.3 is 15.3 Å². The second-order valence-electron chi connectivity index (χ2n) is 9.15. The van der Waals surface area contributed by atoms with Crippen molar-refractivity contribution in [3.8, 4) is 17.2 Å². The Morgan fingerprint density at radius 3 is 2.03 bits per heavy atom. The maximum absolute atomic E-state index is 9.30. The Morgan fingerprint density at radius 2 is 1.38 bits per heavy atom. The van der Waals surface area contributed by atoms with Gasteiger partial charge in [-0.05, 0) is 80.3 Å². The summed E-state index contributed by atoms with van der Waals surface area (Å²) < 4.78 is 0. The van der Waals surface area contributed by atoms with Crippen molar-refractivity contribution < 1.29 is 15.3 Å². The molecule has 0 atom stereocenters. The topological polar surface area (TPSA) is 60.7 Å². The molecule has 170 valence electrons. The van der Waals surface area contributed by atoms with Crippen LogP contribution in [0.1, 0.15) is 64.5 Å². The Kier molecular flexibility index (Phi) is 9.39. The van der Waals surface area contributed by atoms with Crippen LogP contribution in [0.4, 0.5) is 0 Å². The third-order valence-electron chi connectivity index (χ3n) is 5.30. The highest BCUT2D eigenvalue weighted by Gasteiger charge is 2.11. The average molecular weight is 433 g/mol. The van der Waals surface area contributed by atoms with E-state index in [1.165, 1.54) is 30.1 Å². The van der Waals surface area contributed by atoms with E-state index in [2.05, 4.69) is 52.0 Å².